The molecular weight excluding hydrogens is 422 g/mol. The molecule has 1 aliphatic heterocycles. The van der Waals surface area contributed by atoms with E-state index in [2.05, 4.69) is 34.1 Å². The van der Waals surface area contributed by atoms with Gasteiger partial charge in [-0.05, 0) is 42.8 Å². The maximum Gasteiger partial charge on any atom is 0.307 e. The summed E-state index contributed by atoms with van der Waals surface area (Å²) in [6.45, 7) is 2.37. The molecular formula is C25H21N3O3S. The monoisotopic (exact) mass is 443 g/mol. The third-order valence-electron chi connectivity index (χ3n) is 5.39. The van der Waals surface area contributed by atoms with Gasteiger partial charge in [0.1, 0.15) is 12.3 Å². The van der Waals surface area contributed by atoms with Crippen LogP contribution in [0.5, 0.6) is 0 Å². The highest BCUT2D eigenvalue weighted by Crippen LogP contribution is 2.47. The quantitative estimate of drug-likeness (QED) is 0.415. The van der Waals surface area contributed by atoms with Gasteiger partial charge in [0.25, 0.3) is 5.56 Å². The van der Waals surface area contributed by atoms with E-state index in [4.69, 9.17) is 4.74 Å². The summed E-state index contributed by atoms with van der Waals surface area (Å²) in [5.74, 6) is -0.329. The van der Waals surface area contributed by atoms with E-state index in [1.807, 2.05) is 37.3 Å². The predicted octanol–water partition coefficient (Wildman–Crippen LogP) is 4.74. The van der Waals surface area contributed by atoms with Crippen molar-refractivity contribution in [3.8, 4) is 0 Å². The average Bonchev–Trinajstić information content (AvgIpc) is 2.81. The van der Waals surface area contributed by atoms with Crippen LogP contribution >= 0.6 is 11.8 Å². The van der Waals surface area contributed by atoms with E-state index in [0.29, 0.717) is 17.9 Å². The molecule has 0 fully saturated rings. The summed E-state index contributed by atoms with van der Waals surface area (Å²) < 4.78 is 6.95. The molecule has 0 radical (unpaired) electrons. The van der Waals surface area contributed by atoms with Gasteiger partial charge in [0.15, 0.2) is 0 Å². The molecule has 0 aliphatic carbocycles. The molecule has 5 rings (SSSR count). The molecule has 0 spiro atoms. The lowest BCUT2D eigenvalue weighted by molar-refractivity contribution is -0.144. The number of aromatic nitrogens is 2. The summed E-state index contributed by atoms with van der Waals surface area (Å²) in [6.07, 6.45) is 1.90. The van der Waals surface area contributed by atoms with Crippen LogP contribution in [0.15, 0.2) is 87.5 Å². The van der Waals surface area contributed by atoms with E-state index in [9.17, 15) is 9.59 Å². The SMILES string of the molecule is Cc1cccn2c(=O)cc(COC(=O)CCN3c4ccccc4Sc4ccccc43)nc12. The van der Waals surface area contributed by atoms with Gasteiger partial charge in [-0.2, -0.15) is 0 Å². The molecule has 0 N–H and O–H groups in total. The van der Waals surface area contributed by atoms with Crippen LogP contribution in [0.3, 0.4) is 0 Å². The number of nitrogens with zero attached hydrogens (tertiary/aromatic N) is 3. The molecule has 7 heteroatoms. The molecule has 2 aromatic carbocycles. The number of benzene rings is 2. The maximum absolute atomic E-state index is 12.5. The first kappa shape index (κ1) is 20.3. The fraction of sp³-hybridized carbons (Fsp3) is 0.160. The highest BCUT2D eigenvalue weighted by Gasteiger charge is 2.23. The molecule has 6 nitrogen and oxygen atoms in total. The molecule has 0 saturated carbocycles. The van der Waals surface area contributed by atoms with Crippen molar-refractivity contribution in [1.29, 1.82) is 0 Å². The number of carbonyl (C=O) groups excluding carboxylic acids is 1. The van der Waals surface area contributed by atoms with E-state index in [0.717, 1.165) is 26.7 Å². The summed E-state index contributed by atoms with van der Waals surface area (Å²) in [6, 6.07) is 21.5. The number of hydrogen-bond donors (Lipinski definition) is 0. The normalized spacial score (nSPS) is 12.3. The third kappa shape index (κ3) is 3.87. The lowest BCUT2D eigenvalue weighted by Gasteiger charge is -2.32. The molecule has 0 unspecified atom stereocenters. The van der Waals surface area contributed by atoms with Crippen molar-refractivity contribution in [3.05, 3.63) is 94.5 Å². The van der Waals surface area contributed by atoms with Gasteiger partial charge in [-0.25, -0.2) is 4.98 Å². The summed E-state index contributed by atoms with van der Waals surface area (Å²) in [5.41, 5.74) is 3.89. The van der Waals surface area contributed by atoms with Crippen LogP contribution in [0.1, 0.15) is 17.7 Å². The fourth-order valence-corrected chi connectivity index (χ4v) is 4.93. The topological polar surface area (TPSA) is 63.9 Å². The van der Waals surface area contributed by atoms with Gasteiger partial charge in [0, 0.05) is 28.6 Å². The number of anilines is 2. The molecule has 0 amide bonds. The van der Waals surface area contributed by atoms with Gasteiger partial charge in [0.05, 0.1) is 23.5 Å². The number of hydrogen-bond acceptors (Lipinski definition) is 6. The van der Waals surface area contributed by atoms with Gasteiger partial charge < -0.3 is 9.64 Å². The Bertz CT molecular complexity index is 1340. The van der Waals surface area contributed by atoms with Crippen molar-refractivity contribution in [2.24, 2.45) is 0 Å². The summed E-state index contributed by atoms with van der Waals surface area (Å²) in [5, 5.41) is 0. The highest BCUT2D eigenvalue weighted by atomic mass is 32.2. The second-order valence-corrected chi connectivity index (χ2v) is 8.65. The van der Waals surface area contributed by atoms with Crippen LogP contribution < -0.4 is 10.5 Å². The van der Waals surface area contributed by atoms with E-state index in [1.165, 1.54) is 10.5 Å². The highest BCUT2D eigenvalue weighted by molar-refractivity contribution is 7.99. The Kier molecular flexibility index (Phi) is 5.41. The van der Waals surface area contributed by atoms with Crippen molar-refractivity contribution in [2.45, 2.75) is 29.7 Å². The molecule has 3 heterocycles. The van der Waals surface area contributed by atoms with Crippen LogP contribution in [-0.2, 0) is 16.1 Å². The Morgan fingerprint density at radius 2 is 1.69 bits per heavy atom. The molecule has 0 saturated heterocycles. The fourth-order valence-electron chi connectivity index (χ4n) is 3.83. The zero-order chi connectivity index (χ0) is 22.1. The van der Waals surface area contributed by atoms with Crippen LogP contribution in [0.2, 0.25) is 0 Å². The lowest BCUT2D eigenvalue weighted by Crippen LogP contribution is -2.24. The Morgan fingerprint density at radius 1 is 1.00 bits per heavy atom. The Morgan fingerprint density at radius 3 is 2.41 bits per heavy atom. The second-order valence-electron chi connectivity index (χ2n) is 7.57. The van der Waals surface area contributed by atoms with Crippen molar-refractivity contribution in [3.63, 3.8) is 0 Å². The number of rotatable bonds is 5. The minimum Gasteiger partial charge on any atom is -0.459 e. The molecule has 32 heavy (non-hydrogen) atoms. The molecule has 0 bridgehead atoms. The minimum absolute atomic E-state index is 0.0259. The Balaban J connectivity index is 1.29. The molecule has 0 atom stereocenters. The summed E-state index contributed by atoms with van der Waals surface area (Å²) in [7, 11) is 0. The average molecular weight is 444 g/mol. The Labute approximate surface area is 189 Å². The van der Waals surface area contributed by atoms with Gasteiger partial charge in [-0.1, -0.05) is 42.1 Å². The van der Waals surface area contributed by atoms with E-state index < -0.39 is 0 Å². The minimum atomic E-state index is -0.329. The number of pyridine rings is 1. The number of ether oxygens (including phenoxy) is 1. The van der Waals surface area contributed by atoms with Crippen LogP contribution in [0.4, 0.5) is 11.4 Å². The van der Waals surface area contributed by atoms with Crippen molar-refractivity contribution in [1.82, 2.24) is 9.38 Å². The number of aryl methyl sites for hydroxylation is 1. The standard InChI is InChI=1S/C25H21N3O3S/c1-17-7-6-13-28-23(29)15-18(26-25(17)28)16-31-24(30)12-14-27-19-8-2-4-10-21(19)32-22-11-5-3-9-20(22)27/h2-11,13,15H,12,14,16H2,1H3. The number of carbonyl (C=O) groups is 1. The largest absolute Gasteiger partial charge is 0.459 e. The molecule has 2 aromatic heterocycles. The summed E-state index contributed by atoms with van der Waals surface area (Å²) in [4.78, 5) is 33.8. The third-order valence-corrected chi connectivity index (χ3v) is 6.52. The lowest BCUT2D eigenvalue weighted by atomic mass is 10.2. The van der Waals surface area contributed by atoms with E-state index in [-0.39, 0.29) is 24.6 Å². The number of para-hydroxylation sites is 2. The van der Waals surface area contributed by atoms with Crippen LogP contribution in [0.25, 0.3) is 5.65 Å². The predicted molar refractivity (Wildman–Crippen MR) is 125 cm³/mol. The van der Waals surface area contributed by atoms with Crippen molar-refractivity contribution >= 4 is 34.8 Å². The van der Waals surface area contributed by atoms with E-state index >= 15 is 0 Å². The van der Waals surface area contributed by atoms with Gasteiger partial charge in [0.2, 0.25) is 0 Å². The zero-order valence-corrected chi connectivity index (χ0v) is 18.3. The van der Waals surface area contributed by atoms with Gasteiger partial charge in [-0.3, -0.25) is 14.0 Å². The van der Waals surface area contributed by atoms with E-state index in [1.54, 1.807) is 24.0 Å². The maximum atomic E-state index is 12.5. The first-order chi connectivity index (χ1) is 15.6. The Hall–Kier alpha value is -3.58. The smallest absolute Gasteiger partial charge is 0.307 e. The summed E-state index contributed by atoms with van der Waals surface area (Å²) >= 11 is 1.73. The van der Waals surface area contributed by atoms with Crippen LogP contribution in [-0.4, -0.2) is 21.9 Å². The van der Waals surface area contributed by atoms with Crippen LogP contribution in [0, 0.1) is 6.92 Å². The molecule has 1 aliphatic rings. The van der Waals surface area contributed by atoms with Crippen molar-refractivity contribution < 1.29 is 9.53 Å². The van der Waals surface area contributed by atoms with Crippen molar-refractivity contribution in [2.75, 3.05) is 11.4 Å². The van der Waals surface area contributed by atoms with Gasteiger partial charge in [-0.15, -0.1) is 0 Å². The number of esters is 1. The second kappa shape index (κ2) is 8.51. The number of fused-ring (bicyclic) bond motifs is 3. The first-order valence-corrected chi connectivity index (χ1v) is 11.2. The van der Waals surface area contributed by atoms with Gasteiger partial charge >= 0.3 is 5.97 Å². The first-order valence-electron chi connectivity index (χ1n) is 10.4. The molecule has 160 valence electrons. The molecule has 4 aromatic rings. The zero-order valence-electron chi connectivity index (χ0n) is 17.5.